The van der Waals surface area contributed by atoms with Gasteiger partial charge in [0, 0.05) is 40.7 Å². The highest BCUT2D eigenvalue weighted by atomic mass is 19.2. The zero-order valence-electron chi connectivity index (χ0n) is 15.2. The van der Waals surface area contributed by atoms with Crippen molar-refractivity contribution in [1.29, 1.82) is 0 Å². The number of hydrogen-bond donors (Lipinski definition) is 2. The van der Waals surface area contributed by atoms with E-state index in [0.717, 1.165) is 28.6 Å². The fraction of sp³-hybridized carbons (Fsp3) is 0.0909. The Morgan fingerprint density at radius 2 is 1.86 bits per heavy atom. The van der Waals surface area contributed by atoms with Crippen LogP contribution in [0.2, 0.25) is 0 Å². The fourth-order valence-corrected chi connectivity index (χ4v) is 3.73. The third-order valence-corrected chi connectivity index (χ3v) is 5.14. The molecule has 5 rings (SSSR count). The number of nitrogens with one attached hydrogen (secondary N) is 1. The predicted molar refractivity (Wildman–Crippen MR) is 106 cm³/mol. The number of rotatable bonds is 3. The van der Waals surface area contributed by atoms with Gasteiger partial charge in [-0.15, -0.1) is 0 Å². The van der Waals surface area contributed by atoms with Gasteiger partial charge in [0.05, 0.1) is 12.1 Å². The molecule has 0 spiro atoms. The van der Waals surface area contributed by atoms with Crippen molar-refractivity contribution in [2.75, 3.05) is 17.6 Å². The highest BCUT2D eigenvalue weighted by molar-refractivity contribution is 5.73. The van der Waals surface area contributed by atoms with E-state index < -0.39 is 11.6 Å². The van der Waals surface area contributed by atoms with Gasteiger partial charge in [0.1, 0.15) is 5.82 Å². The van der Waals surface area contributed by atoms with Crippen molar-refractivity contribution in [2.45, 2.75) is 5.92 Å². The van der Waals surface area contributed by atoms with Crippen LogP contribution in [0.1, 0.15) is 17.2 Å². The van der Waals surface area contributed by atoms with Crippen molar-refractivity contribution in [1.82, 2.24) is 10.1 Å². The third-order valence-electron chi connectivity index (χ3n) is 5.14. The number of pyridine rings is 1. The van der Waals surface area contributed by atoms with E-state index in [1.165, 1.54) is 18.3 Å². The summed E-state index contributed by atoms with van der Waals surface area (Å²) in [5.74, 6) is -0.879. The molecule has 5 nitrogen and oxygen atoms in total. The molecule has 1 aliphatic rings. The van der Waals surface area contributed by atoms with Crippen molar-refractivity contribution >= 4 is 11.5 Å². The summed E-state index contributed by atoms with van der Waals surface area (Å²) in [7, 11) is 0. The Morgan fingerprint density at radius 1 is 1.00 bits per heavy atom. The molecule has 29 heavy (non-hydrogen) atoms. The Balaban J connectivity index is 1.59. The number of anilines is 2. The first-order valence-corrected chi connectivity index (χ1v) is 9.10. The number of fused-ring (bicyclic) bond motifs is 1. The number of nitrogens with zero attached hydrogens (tertiary/aromatic N) is 2. The van der Waals surface area contributed by atoms with Gasteiger partial charge in [0.15, 0.2) is 17.4 Å². The van der Waals surface area contributed by atoms with Gasteiger partial charge < -0.3 is 15.6 Å². The zero-order valence-corrected chi connectivity index (χ0v) is 15.2. The Kier molecular flexibility index (Phi) is 4.01. The average molecular weight is 390 g/mol. The van der Waals surface area contributed by atoms with E-state index in [9.17, 15) is 8.78 Å². The molecule has 0 aliphatic carbocycles. The third kappa shape index (κ3) is 2.91. The second-order valence-electron chi connectivity index (χ2n) is 6.93. The normalized spacial score (nSPS) is 15.2. The van der Waals surface area contributed by atoms with Gasteiger partial charge in [-0.3, -0.25) is 0 Å². The smallest absolute Gasteiger partial charge is 0.166 e. The first-order valence-electron chi connectivity index (χ1n) is 9.10. The molecule has 1 atom stereocenters. The van der Waals surface area contributed by atoms with E-state index in [1.54, 1.807) is 6.20 Å². The Morgan fingerprint density at radius 3 is 2.72 bits per heavy atom. The summed E-state index contributed by atoms with van der Waals surface area (Å²) < 4.78 is 33.6. The lowest BCUT2D eigenvalue weighted by atomic mass is 9.92. The van der Waals surface area contributed by atoms with Gasteiger partial charge >= 0.3 is 0 Å². The van der Waals surface area contributed by atoms with Gasteiger partial charge in [0.25, 0.3) is 0 Å². The van der Waals surface area contributed by atoms with E-state index in [2.05, 4.69) is 15.5 Å². The second-order valence-corrected chi connectivity index (χ2v) is 6.93. The van der Waals surface area contributed by atoms with Crippen LogP contribution in [0.15, 0.2) is 65.4 Å². The molecule has 0 radical (unpaired) electrons. The van der Waals surface area contributed by atoms with Gasteiger partial charge in [-0.1, -0.05) is 29.4 Å². The maximum absolute atomic E-state index is 14.4. The minimum Gasteiger partial charge on any atom is -0.399 e. The van der Waals surface area contributed by atoms with E-state index in [-0.39, 0.29) is 11.5 Å². The second kappa shape index (κ2) is 6.70. The van der Waals surface area contributed by atoms with Gasteiger partial charge in [0.2, 0.25) is 0 Å². The van der Waals surface area contributed by atoms with E-state index in [0.29, 0.717) is 23.6 Å². The highest BCUT2D eigenvalue weighted by Crippen LogP contribution is 2.41. The lowest BCUT2D eigenvalue weighted by Crippen LogP contribution is -2.04. The van der Waals surface area contributed by atoms with Crippen LogP contribution in [0, 0.1) is 11.6 Å². The van der Waals surface area contributed by atoms with Gasteiger partial charge in [-0.05, 0) is 29.8 Å². The molecule has 0 saturated heterocycles. The fourth-order valence-electron chi connectivity index (χ4n) is 3.73. The first-order chi connectivity index (χ1) is 14.1. The molecular weight excluding hydrogens is 374 g/mol. The molecule has 2 aromatic carbocycles. The monoisotopic (exact) mass is 390 g/mol. The first kappa shape index (κ1) is 17.4. The molecule has 1 aliphatic heterocycles. The molecule has 0 fully saturated rings. The number of benzene rings is 2. The van der Waals surface area contributed by atoms with Crippen LogP contribution >= 0.6 is 0 Å². The maximum Gasteiger partial charge on any atom is 0.166 e. The van der Waals surface area contributed by atoms with E-state index in [4.69, 9.17) is 10.3 Å². The largest absolute Gasteiger partial charge is 0.399 e. The van der Waals surface area contributed by atoms with E-state index >= 15 is 0 Å². The molecule has 7 heteroatoms. The van der Waals surface area contributed by atoms with Crippen molar-refractivity contribution in [3.05, 3.63) is 83.9 Å². The molecular formula is C22H16F2N4O. The summed E-state index contributed by atoms with van der Waals surface area (Å²) in [5.41, 5.74) is 9.86. The SMILES string of the molecule is Nc1cccc(-c2cnc3c(c2)C(c2oncc2-c2cccc(F)c2F)CN3)c1. The molecule has 3 heterocycles. The van der Waals surface area contributed by atoms with Crippen LogP contribution in [0.3, 0.4) is 0 Å². The van der Waals surface area contributed by atoms with Crippen LogP contribution in [0.5, 0.6) is 0 Å². The van der Waals surface area contributed by atoms with Crippen LogP contribution < -0.4 is 11.1 Å². The standard InChI is InChI=1S/C22H16F2N4O/c23-19-6-2-5-15(20(19)24)18-11-28-29-21(18)17-10-27-22-16(17)8-13(9-26-22)12-3-1-4-14(25)7-12/h1-9,11,17H,10,25H2,(H,26,27). The summed E-state index contributed by atoms with van der Waals surface area (Å²) >= 11 is 0. The van der Waals surface area contributed by atoms with E-state index in [1.807, 2.05) is 30.3 Å². The summed E-state index contributed by atoms with van der Waals surface area (Å²) in [6, 6.07) is 13.6. The molecule has 0 amide bonds. The molecule has 0 saturated carbocycles. The van der Waals surface area contributed by atoms with Crippen molar-refractivity contribution < 1.29 is 13.3 Å². The van der Waals surface area contributed by atoms with Crippen molar-refractivity contribution in [2.24, 2.45) is 0 Å². The lowest BCUT2D eigenvalue weighted by molar-refractivity contribution is 0.376. The lowest BCUT2D eigenvalue weighted by Gasteiger charge is -2.11. The number of aromatic nitrogens is 2. The number of hydrogen-bond acceptors (Lipinski definition) is 5. The minimum absolute atomic E-state index is 0.120. The Hall–Kier alpha value is -3.74. The van der Waals surface area contributed by atoms with Crippen LogP contribution in [0.25, 0.3) is 22.3 Å². The topological polar surface area (TPSA) is 77.0 Å². The maximum atomic E-state index is 14.4. The number of nitrogens with two attached hydrogens (primary N) is 1. The van der Waals surface area contributed by atoms with Crippen LogP contribution in [-0.2, 0) is 0 Å². The zero-order chi connectivity index (χ0) is 20.0. The summed E-state index contributed by atoms with van der Waals surface area (Å²) in [4.78, 5) is 4.51. The average Bonchev–Trinajstić information content (AvgIpc) is 3.36. The van der Waals surface area contributed by atoms with Gasteiger partial charge in [-0.25, -0.2) is 13.8 Å². The predicted octanol–water partition coefficient (Wildman–Crippen LogP) is 4.82. The van der Waals surface area contributed by atoms with Crippen molar-refractivity contribution in [3.8, 4) is 22.3 Å². The van der Waals surface area contributed by atoms with Crippen LogP contribution in [0.4, 0.5) is 20.3 Å². The van der Waals surface area contributed by atoms with Gasteiger partial charge in [-0.2, -0.15) is 0 Å². The molecule has 2 aromatic heterocycles. The van der Waals surface area contributed by atoms with Crippen LogP contribution in [-0.4, -0.2) is 16.7 Å². The highest BCUT2D eigenvalue weighted by Gasteiger charge is 2.31. The number of halogens is 2. The number of nitrogen functional groups attached to an aromatic ring is 1. The minimum atomic E-state index is -0.922. The molecule has 0 bridgehead atoms. The molecule has 144 valence electrons. The summed E-state index contributed by atoms with van der Waals surface area (Å²) in [6.45, 7) is 0.516. The molecule has 1 unspecified atom stereocenters. The van der Waals surface area contributed by atoms with Crippen molar-refractivity contribution in [3.63, 3.8) is 0 Å². The molecule has 3 N–H and O–H groups in total. The Bertz CT molecular complexity index is 1220. The summed E-state index contributed by atoms with van der Waals surface area (Å²) in [6.07, 6.45) is 3.19. The summed E-state index contributed by atoms with van der Waals surface area (Å²) in [5, 5.41) is 7.09. The quantitative estimate of drug-likeness (QED) is 0.491. The Labute approximate surface area is 165 Å². The molecule has 4 aromatic rings.